The number of carbonyl (C=O) groups excluding carboxylic acids is 1. The molecule has 0 aromatic heterocycles. The summed E-state index contributed by atoms with van der Waals surface area (Å²) < 4.78 is 5.76. The Morgan fingerprint density at radius 1 is 1.36 bits per heavy atom. The molecule has 142 valence electrons. The van der Waals surface area contributed by atoms with E-state index in [1.807, 2.05) is 20.8 Å². The van der Waals surface area contributed by atoms with Crippen LogP contribution in [0.15, 0.2) is 5.10 Å². The molecule has 1 saturated carbocycles. The Balaban J connectivity index is 2.06. The molecular weight excluding hydrogens is 322 g/mol. The molecule has 1 atom stereocenters. The van der Waals surface area contributed by atoms with Crippen molar-refractivity contribution in [1.29, 1.82) is 0 Å². The normalized spacial score (nSPS) is 21.8. The maximum Gasteiger partial charge on any atom is 0.404 e. The summed E-state index contributed by atoms with van der Waals surface area (Å²) in [5.74, 6) is -0.0278. The van der Waals surface area contributed by atoms with Gasteiger partial charge in [-0.3, -0.25) is 4.79 Å². The second kappa shape index (κ2) is 7.72. The van der Waals surface area contributed by atoms with E-state index in [1.54, 1.807) is 7.11 Å². The van der Waals surface area contributed by atoms with Crippen LogP contribution in [-0.2, 0) is 9.53 Å². The first-order valence-corrected chi connectivity index (χ1v) is 9.06. The highest BCUT2D eigenvalue weighted by Gasteiger charge is 2.38. The molecule has 1 fully saturated rings. The van der Waals surface area contributed by atoms with Gasteiger partial charge in [0.1, 0.15) is 0 Å². The molecule has 1 aliphatic carbocycles. The Labute approximate surface area is 149 Å². The van der Waals surface area contributed by atoms with E-state index in [0.29, 0.717) is 13.0 Å². The molecule has 2 N–H and O–H groups in total. The highest BCUT2D eigenvalue weighted by molar-refractivity contribution is 6.05. The van der Waals surface area contributed by atoms with Crippen LogP contribution in [0.5, 0.6) is 0 Å². The topological polar surface area (TPSA) is 91.2 Å². The highest BCUT2D eigenvalue weighted by atomic mass is 16.5. The minimum atomic E-state index is -1.05. The van der Waals surface area contributed by atoms with E-state index in [-0.39, 0.29) is 29.4 Å². The average Bonchev–Trinajstić information content (AvgIpc) is 2.86. The number of carboxylic acid groups (broad SMARTS) is 1. The standard InChI is InChI=1S/C18H31N3O4/c1-17(2,3)14(19-16(23)24)10-13-11-15(22)21(20-13)12-18(25-4)8-6-5-7-9-18/h14,19H,5-12H2,1-4H3,(H,23,24). The van der Waals surface area contributed by atoms with Crippen molar-refractivity contribution in [2.45, 2.75) is 77.4 Å². The molecule has 0 radical (unpaired) electrons. The monoisotopic (exact) mass is 353 g/mol. The summed E-state index contributed by atoms with van der Waals surface area (Å²) in [6, 6.07) is -0.289. The van der Waals surface area contributed by atoms with Gasteiger partial charge in [0.2, 0.25) is 5.91 Å². The Bertz CT molecular complexity index is 533. The first-order chi connectivity index (χ1) is 11.6. The van der Waals surface area contributed by atoms with Gasteiger partial charge in [-0.25, -0.2) is 9.80 Å². The molecule has 0 saturated heterocycles. The fourth-order valence-electron chi connectivity index (χ4n) is 3.62. The van der Waals surface area contributed by atoms with Crippen LogP contribution in [0.3, 0.4) is 0 Å². The molecule has 1 aliphatic heterocycles. The average molecular weight is 353 g/mol. The minimum Gasteiger partial charge on any atom is -0.465 e. The van der Waals surface area contributed by atoms with Gasteiger partial charge in [-0.15, -0.1) is 0 Å². The Kier molecular flexibility index (Phi) is 6.08. The molecule has 2 aliphatic rings. The predicted octanol–water partition coefficient (Wildman–Crippen LogP) is 3.00. The van der Waals surface area contributed by atoms with Crippen molar-refractivity contribution in [2.24, 2.45) is 10.5 Å². The minimum absolute atomic E-state index is 0.0278. The molecule has 7 heteroatoms. The van der Waals surface area contributed by atoms with Gasteiger partial charge < -0.3 is 15.2 Å². The summed E-state index contributed by atoms with van der Waals surface area (Å²) >= 11 is 0. The molecule has 0 spiro atoms. The van der Waals surface area contributed by atoms with Crippen LogP contribution in [-0.4, -0.2) is 53.1 Å². The molecule has 2 rings (SSSR count). The lowest BCUT2D eigenvalue weighted by molar-refractivity contribution is -0.134. The molecule has 1 heterocycles. The zero-order valence-electron chi connectivity index (χ0n) is 15.8. The number of carbonyl (C=O) groups is 2. The lowest BCUT2D eigenvalue weighted by Gasteiger charge is -2.37. The number of hydrogen-bond acceptors (Lipinski definition) is 4. The number of nitrogens with one attached hydrogen (secondary N) is 1. The van der Waals surface area contributed by atoms with Crippen LogP contribution in [0, 0.1) is 5.41 Å². The molecular formula is C18H31N3O4. The number of ether oxygens (including phenoxy) is 1. The number of amides is 2. The largest absolute Gasteiger partial charge is 0.465 e. The van der Waals surface area contributed by atoms with Gasteiger partial charge in [0.15, 0.2) is 0 Å². The van der Waals surface area contributed by atoms with Gasteiger partial charge >= 0.3 is 6.09 Å². The lowest BCUT2D eigenvalue weighted by Crippen LogP contribution is -2.45. The maximum atomic E-state index is 12.4. The third kappa shape index (κ3) is 5.17. The third-order valence-electron chi connectivity index (χ3n) is 5.32. The van der Waals surface area contributed by atoms with Crippen LogP contribution in [0.1, 0.15) is 65.7 Å². The molecule has 7 nitrogen and oxygen atoms in total. The van der Waals surface area contributed by atoms with Crippen LogP contribution >= 0.6 is 0 Å². The summed E-state index contributed by atoms with van der Waals surface area (Å²) in [5.41, 5.74) is 0.185. The van der Waals surface area contributed by atoms with Gasteiger partial charge in [0.25, 0.3) is 0 Å². The van der Waals surface area contributed by atoms with Crippen LogP contribution in [0.25, 0.3) is 0 Å². The fraction of sp³-hybridized carbons (Fsp3) is 0.833. The Morgan fingerprint density at radius 2 is 2.00 bits per heavy atom. The van der Waals surface area contributed by atoms with Crippen molar-refractivity contribution < 1.29 is 19.4 Å². The quantitative estimate of drug-likeness (QED) is 0.768. The summed E-state index contributed by atoms with van der Waals surface area (Å²) in [4.78, 5) is 23.4. The molecule has 25 heavy (non-hydrogen) atoms. The molecule has 0 bridgehead atoms. The van der Waals surface area contributed by atoms with Gasteiger partial charge in [0.05, 0.1) is 24.3 Å². The zero-order valence-corrected chi connectivity index (χ0v) is 15.8. The lowest BCUT2D eigenvalue weighted by atomic mass is 9.83. The van der Waals surface area contributed by atoms with E-state index in [0.717, 1.165) is 31.4 Å². The van der Waals surface area contributed by atoms with E-state index < -0.39 is 6.09 Å². The third-order valence-corrected chi connectivity index (χ3v) is 5.32. The number of rotatable bonds is 6. The van der Waals surface area contributed by atoms with Gasteiger partial charge in [-0.05, 0) is 18.3 Å². The van der Waals surface area contributed by atoms with Crippen molar-refractivity contribution in [3.8, 4) is 0 Å². The first kappa shape index (κ1) is 19.7. The molecule has 2 amide bonds. The maximum absolute atomic E-state index is 12.4. The van der Waals surface area contributed by atoms with Crippen LogP contribution < -0.4 is 5.32 Å². The number of hydrazone groups is 1. The van der Waals surface area contributed by atoms with Crippen LogP contribution in [0.4, 0.5) is 4.79 Å². The molecule has 0 aromatic carbocycles. The SMILES string of the molecule is COC1(CN2N=C(CC(NC(=O)O)C(C)(C)C)CC2=O)CCCCC1. The van der Waals surface area contributed by atoms with E-state index in [4.69, 9.17) is 9.84 Å². The van der Waals surface area contributed by atoms with Crippen LogP contribution in [0.2, 0.25) is 0 Å². The summed E-state index contributed by atoms with van der Waals surface area (Å²) in [5, 5.41) is 17.7. The molecule has 0 aromatic rings. The first-order valence-electron chi connectivity index (χ1n) is 9.06. The van der Waals surface area contributed by atoms with Crippen molar-refractivity contribution in [2.75, 3.05) is 13.7 Å². The summed E-state index contributed by atoms with van der Waals surface area (Å²) in [6.07, 6.45) is 4.98. The second-order valence-corrected chi connectivity index (χ2v) is 8.31. The van der Waals surface area contributed by atoms with Gasteiger partial charge in [-0.2, -0.15) is 5.10 Å². The van der Waals surface area contributed by atoms with Crippen molar-refractivity contribution >= 4 is 17.7 Å². The van der Waals surface area contributed by atoms with Gasteiger partial charge in [0, 0.05) is 19.6 Å². The summed E-state index contributed by atoms with van der Waals surface area (Å²) in [6.45, 7) is 6.42. The van der Waals surface area contributed by atoms with Crippen molar-refractivity contribution in [3.05, 3.63) is 0 Å². The van der Waals surface area contributed by atoms with Gasteiger partial charge in [-0.1, -0.05) is 40.0 Å². The highest BCUT2D eigenvalue weighted by Crippen LogP contribution is 2.33. The van der Waals surface area contributed by atoms with Crippen molar-refractivity contribution in [1.82, 2.24) is 10.3 Å². The fourth-order valence-corrected chi connectivity index (χ4v) is 3.62. The summed E-state index contributed by atoms with van der Waals surface area (Å²) in [7, 11) is 1.71. The molecule has 1 unspecified atom stereocenters. The number of methoxy groups -OCH3 is 1. The van der Waals surface area contributed by atoms with E-state index >= 15 is 0 Å². The zero-order chi connectivity index (χ0) is 18.7. The number of hydrogen-bond donors (Lipinski definition) is 2. The van der Waals surface area contributed by atoms with E-state index in [1.165, 1.54) is 11.4 Å². The second-order valence-electron chi connectivity index (χ2n) is 8.31. The Morgan fingerprint density at radius 3 is 2.52 bits per heavy atom. The number of nitrogens with zero attached hydrogens (tertiary/aromatic N) is 2. The van der Waals surface area contributed by atoms with Crippen molar-refractivity contribution in [3.63, 3.8) is 0 Å². The Hall–Kier alpha value is -1.63. The smallest absolute Gasteiger partial charge is 0.404 e. The van der Waals surface area contributed by atoms with E-state index in [2.05, 4.69) is 10.4 Å². The predicted molar refractivity (Wildman–Crippen MR) is 95.6 cm³/mol. The van der Waals surface area contributed by atoms with E-state index in [9.17, 15) is 9.59 Å².